The number of likely N-dealkylation sites (N-methyl/N-ethyl adjacent to an activating group) is 1. The van der Waals surface area contributed by atoms with Gasteiger partial charge in [-0.3, -0.25) is 4.79 Å². The Morgan fingerprint density at radius 3 is 2.67 bits per heavy atom. The zero-order chi connectivity index (χ0) is 15.6. The molecule has 0 saturated heterocycles. The summed E-state index contributed by atoms with van der Waals surface area (Å²) in [7, 11) is 1.98. The van der Waals surface area contributed by atoms with Crippen molar-refractivity contribution in [2.45, 2.75) is 25.1 Å². The summed E-state index contributed by atoms with van der Waals surface area (Å²) < 4.78 is 38.3. The van der Waals surface area contributed by atoms with Crippen LogP contribution in [0, 0.1) is 0 Å². The van der Waals surface area contributed by atoms with Gasteiger partial charge in [-0.2, -0.15) is 13.2 Å². The number of hydrogen-bond donors (Lipinski definition) is 1. The molecule has 116 valence electrons. The van der Waals surface area contributed by atoms with Crippen molar-refractivity contribution >= 4 is 21.8 Å². The molecule has 7 heteroatoms. The Balaban J connectivity index is 1.95. The van der Waals surface area contributed by atoms with Gasteiger partial charge in [0.25, 0.3) is 5.91 Å². The van der Waals surface area contributed by atoms with Crippen molar-refractivity contribution in [3.8, 4) is 0 Å². The van der Waals surface area contributed by atoms with Crippen LogP contribution in [0.15, 0.2) is 22.7 Å². The molecule has 0 heterocycles. The van der Waals surface area contributed by atoms with Crippen molar-refractivity contribution in [2.75, 3.05) is 20.1 Å². The van der Waals surface area contributed by atoms with Crippen LogP contribution in [-0.2, 0) is 6.18 Å². The van der Waals surface area contributed by atoms with E-state index >= 15 is 0 Å². The Morgan fingerprint density at radius 2 is 2.10 bits per heavy atom. The molecule has 3 nitrogen and oxygen atoms in total. The van der Waals surface area contributed by atoms with E-state index in [2.05, 4.69) is 26.1 Å². The normalized spacial score (nSPS) is 15.3. The second-order valence-corrected chi connectivity index (χ2v) is 6.01. The number of carbonyl (C=O) groups excluding carboxylic acids is 1. The molecule has 0 atom stereocenters. The van der Waals surface area contributed by atoms with Gasteiger partial charge in [-0.25, -0.2) is 0 Å². The molecule has 21 heavy (non-hydrogen) atoms. The summed E-state index contributed by atoms with van der Waals surface area (Å²) in [6.45, 7) is 1.11. The molecule has 2 rings (SSSR count). The van der Waals surface area contributed by atoms with Gasteiger partial charge in [0, 0.05) is 29.2 Å². The van der Waals surface area contributed by atoms with E-state index in [1.807, 2.05) is 7.05 Å². The SMILES string of the molecule is CN(CCNC(=O)c1ccc(Br)c(C(F)(F)F)c1)C1CC1. The third kappa shape index (κ3) is 4.44. The van der Waals surface area contributed by atoms with Gasteiger partial charge in [0.15, 0.2) is 0 Å². The lowest BCUT2D eigenvalue weighted by molar-refractivity contribution is -0.138. The summed E-state index contributed by atoms with van der Waals surface area (Å²) in [5, 5.41) is 2.65. The van der Waals surface area contributed by atoms with Crippen molar-refractivity contribution < 1.29 is 18.0 Å². The van der Waals surface area contributed by atoms with E-state index in [4.69, 9.17) is 0 Å². The minimum absolute atomic E-state index is 0.0135. The van der Waals surface area contributed by atoms with E-state index in [-0.39, 0.29) is 10.0 Å². The van der Waals surface area contributed by atoms with Crippen LogP contribution < -0.4 is 5.32 Å². The van der Waals surface area contributed by atoms with Crippen LogP contribution in [0.4, 0.5) is 13.2 Å². The third-order valence-corrected chi connectivity index (χ3v) is 4.15. The van der Waals surface area contributed by atoms with Gasteiger partial charge in [0.1, 0.15) is 0 Å². The number of nitrogens with zero attached hydrogens (tertiary/aromatic N) is 1. The van der Waals surface area contributed by atoms with Gasteiger partial charge in [0.05, 0.1) is 5.56 Å². The van der Waals surface area contributed by atoms with Crippen LogP contribution in [0.3, 0.4) is 0 Å². The number of carbonyl (C=O) groups is 1. The van der Waals surface area contributed by atoms with Crippen LogP contribution in [-0.4, -0.2) is 37.0 Å². The van der Waals surface area contributed by atoms with Crippen LogP contribution in [0.25, 0.3) is 0 Å². The van der Waals surface area contributed by atoms with Crippen molar-refractivity contribution in [1.29, 1.82) is 0 Å². The number of rotatable bonds is 5. The third-order valence-electron chi connectivity index (χ3n) is 3.45. The molecule has 1 aliphatic carbocycles. The molecule has 1 aromatic rings. The number of alkyl halides is 3. The molecule has 1 fully saturated rings. The van der Waals surface area contributed by atoms with Crippen LogP contribution in [0.5, 0.6) is 0 Å². The minimum atomic E-state index is -4.48. The van der Waals surface area contributed by atoms with E-state index in [0.717, 1.165) is 6.07 Å². The van der Waals surface area contributed by atoms with Gasteiger partial charge >= 0.3 is 6.18 Å². The molecule has 0 unspecified atom stereocenters. The minimum Gasteiger partial charge on any atom is -0.351 e. The molecule has 1 aliphatic rings. The second-order valence-electron chi connectivity index (χ2n) is 5.16. The fourth-order valence-electron chi connectivity index (χ4n) is 2.03. The Labute approximate surface area is 129 Å². The largest absolute Gasteiger partial charge is 0.417 e. The van der Waals surface area contributed by atoms with Gasteiger partial charge in [0.2, 0.25) is 0 Å². The summed E-state index contributed by atoms with van der Waals surface area (Å²) in [6, 6.07) is 4.07. The summed E-state index contributed by atoms with van der Waals surface area (Å²) in [6.07, 6.45) is -2.14. The fourth-order valence-corrected chi connectivity index (χ4v) is 2.50. The lowest BCUT2D eigenvalue weighted by Gasteiger charge is -2.16. The monoisotopic (exact) mass is 364 g/mol. The first kappa shape index (κ1) is 16.3. The van der Waals surface area contributed by atoms with Crippen LogP contribution in [0.1, 0.15) is 28.8 Å². The highest BCUT2D eigenvalue weighted by Gasteiger charge is 2.33. The van der Waals surface area contributed by atoms with Crippen molar-refractivity contribution in [1.82, 2.24) is 10.2 Å². The van der Waals surface area contributed by atoms with Crippen LogP contribution >= 0.6 is 15.9 Å². The Hall–Kier alpha value is -1.08. The summed E-state index contributed by atoms with van der Waals surface area (Å²) in [4.78, 5) is 14.0. The quantitative estimate of drug-likeness (QED) is 0.869. The second kappa shape index (κ2) is 6.36. The van der Waals surface area contributed by atoms with Crippen LogP contribution in [0.2, 0.25) is 0 Å². The highest BCUT2D eigenvalue weighted by atomic mass is 79.9. The van der Waals surface area contributed by atoms with E-state index in [1.54, 1.807) is 0 Å². The first-order valence-corrected chi connectivity index (χ1v) is 7.43. The highest BCUT2D eigenvalue weighted by Crippen LogP contribution is 2.35. The van der Waals surface area contributed by atoms with Gasteiger partial charge in [-0.1, -0.05) is 15.9 Å². The zero-order valence-electron chi connectivity index (χ0n) is 11.5. The van der Waals surface area contributed by atoms with Crippen molar-refractivity contribution in [3.05, 3.63) is 33.8 Å². The Bertz CT molecular complexity index is 529. The maximum Gasteiger partial charge on any atom is 0.417 e. The molecular weight excluding hydrogens is 349 g/mol. The average molecular weight is 365 g/mol. The molecule has 0 aromatic heterocycles. The van der Waals surface area contributed by atoms with Crippen molar-refractivity contribution in [2.24, 2.45) is 0 Å². The van der Waals surface area contributed by atoms with E-state index in [1.165, 1.54) is 25.0 Å². The fraction of sp³-hybridized carbons (Fsp3) is 0.500. The first-order valence-electron chi connectivity index (χ1n) is 6.64. The van der Waals surface area contributed by atoms with E-state index in [9.17, 15) is 18.0 Å². The lowest BCUT2D eigenvalue weighted by Crippen LogP contribution is -2.34. The Morgan fingerprint density at radius 1 is 1.43 bits per heavy atom. The smallest absolute Gasteiger partial charge is 0.351 e. The molecular formula is C14H16BrF3N2O. The number of amides is 1. The van der Waals surface area contributed by atoms with Gasteiger partial charge in [-0.05, 0) is 38.1 Å². The number of halogens is 4. The lowest BCUT2D eigenvalue weighted by atomic mass is 10.1. The summed E-state index contributed by atoms with van der Waals surface area (Å²) in [5.41, 5.74) is -0.829. The molecule has 0 spiro atoms. The summed E-state index contributed by atoms with van der Waals surface area (Å²) in [5.74, 6) is -0.489. The molecule has 1 saturated carbocycles. The molecule has 1 amide bonds. The Kier molecular flexibility index (Phi) is 4.93. The predicted octanol–water partition coefficient (Wildman–Crippen LogP) is 3.29. The predicted molar refractivity (Wildman–Crippen MR) is 77.1 cm³/mol. The first-order chi connectivity index (χ1) is 9.79. The molecule has 0 radical (unpaired) electrons. The number of nitrogens with one attached hydrogen (secondary N) is 1. The number of hydrogen-bond acceptors (Lipinski definition) is 2. The zero-order valence-corrected chi connectivity index (χ0v) is 13.1. The molecule has 0 bridgehead atoms. The van der Waals surface area contributed by atoms with Gasteiger partial charge < -0.3 is 10.2 Å². The standard InChI is InChI=1S/C14H16BrF3N2O/c1-20(10-3-4-10)7-6-19-13(21)9-2-5-12(15)11(8-9)14(16,17)18/h2,5,8,10H,3-4,6-7H2,1H3,(H,19,21). The summed E-state index contributed by atoms with van der Waals surface area (Å²) >= 11 is 2.85. The van der Waals surface area contributed by atoms with Gasteiger partial charge in [-0.15, -0.1) is 0 Å². The van der Waals surface area contributed by atoms with E-state index < -0.39 is 17.6 Å². The van der Waals surface area contributed by atoms with E-state index in [0.29, 0.717) is 19.1 Å². The highest BCUT2D eigenvalue weighted by molar-refractivity contribution is 9.10. The molecule has 0 aliphatic heterocycles. The van der Waals surface area contributed by atoms with Crippen molar-refractivity contribution in [3.63, 3.8) is 0 Å². The average Bonchev–Trinajstić information content (AvgIpc) is 3.21. The number of benzene rings is 1. The molecule has 1 N–H and O–H groups in total. The molecule has 1 aromatic carbocycles. The maximum atomic E-state index is 12.8. The maximum absolute atomic E-state index is 12.8. The topological polar surface area (TPSA) is 32.3 Å².